The molecule has 1 unspecified atom stereocenters. The molecule has 0 saturated carbocycles. The molecule has 0 spiro atoms. The van der Waals surface area contributed by atoms with Gasteiger partial charge >= 0.3 is 6.18 Å². The van der Waals surface area contributed by atoms with Crippen LogP contribution in [0.25, 0.3) is 0 Å². The molecule has 0 heterocycles. The molecule has 0 fully saturated rings. The van der Waals surface area contributed by atoms with Gasteiger partial charge in [-0.25, -0.2) is 0 Å². The number of alkyl halides is 3. The Balaban J connectivity index is 3.81. The van der Waals surface area contributed by atoms with Crippen LogP contribution in [0.5, 0.6) is 0 Å². The standard InChI is InChI=1S/C9H18F3N/c1-2-3-4-5-8(6-7-13)9(10,11)12/h8H,2-7,13H2,1H3. The molecule has 80 valence electrons. The van der Waals surface area contributed by atoms with E-state index in [1.807, 2.05) is 6.92 Å². The molecular weight excluding hydrogens is 179 g/mol. The van der Waals surface area contributed by atoms with E-state index in [2.05, 4.69) is 0 Å². The molecule has 0 amide bonds. The molecule has 1 nitrogen and oxygen atoms in total. The van der Waals surface area contributed by atoms with E-state index in [0.717, 1.165) is 12.8 Å². The zero-order valence-corrected chi connectivity index (χ0v) is 8.03. The molecule has 0 aromatic heterocycles. The van der Waals surface area contributed by atoms with Gasteiger partial charge in [0.15, 0.2) is 0 Å². The zero-order chi connectivity index (χ0) is 10.3. The Kier molecular flexibility index (Phi) is 6.12. The molecule has 0 aliphatic carbocycles. The van der Waals surface area contributed by atoms with Gasteiger partial charge in [-0.3, -0.25) is 0 Å². The molecule has 0 rings (SSSR count). The second-order valence-corrected chi connectivity index (χ2v) is 3.31. The number of nitrogens with two attached hydrogens (primary N) is 1. The largest absolute Gasteiger partial charge is 0.391 e. The van der Waals surface area contributed by atoms with Crippen molar-refractivity contribution >= 4 is 0 Å². The average molecular weight is 197 g/mol. The minimum Gasteiger partial charge on any atom is -0.330 e. The van der Waals surface area contributed by atoms with Crippen molar-refractivity contribution in [1.82, 2.24) is 0 Å². The molecular formula is C9H18F3N. The van der Waals surface area contributed by atoms with Gasteiger partial charge < -0.3 is 5.73 Å². The van der Waals surface area contributed by atoms with Gasteiger partial charge in [0.1, 0.15) is 0 Å². The second kappa shape index (κ2) is 6.24. The van der Waals surface area contributed by atoms with E-state index in [9.17, 15) is 13.2 Å². The Morgan fingerprint density at radius 2 is 1.77 bits per heavy atom. The minimum absolute atomic E-state index is 0.0627. The maximum Gasteiger partial charge on any atom is 0.391 e. The first kappa shape index (κ1) is 12.8. The highest BCUT2D eigenvalue weighted by molar-refractivity contribution is 4.68. The monoisotopic (exact) mass is 197 g/mol. The smallest absolute Gasteiger partial charge is 0.330 e. The first-order chi connectivity index (χ1) is 6.02. The lowest BCUT2D eigenvalue weighted by atomic mass is 9.97. The Bertz CT molecular complexity index is 123. The molecule has 1 atom stereocenters. The Hall–Kier alpha value is -0.250. The van der Waals surface area contributed by atoms with E-state index in [4.69, 9.17) is 5.73 Å². The van der Waals surface area contributed by atoms with Gasteiger partial charge in [-0.1, -0.05) is 26.2 Å². The van der Waals surface area contributed by atoms with Crippen molar-refractivity contribution in [3.05, 3.63) is 0 Å². The van der Waals surface area contributed by atoms with Crippen LogP contribution in [0.15, 0.2) is 0 Å². The van der Waals surface area contributed by atoms with Crippen LogP contribution < -0.4 is 5.73 Å². The maximum absolute atomic E-state index is 12.3. The molecule has 0 saturated heterocycles. The summed E-state index contributed by atoms with van der Waals surface area (Å²) in [6.07, 6.45) is -1.29. The number of halogens is 3. The quantitative estimate of drug-likeness (QED) is 0.650. The van der Waals surface area contributed by atoms with Crippen LogP contribution in [-0.4, -0.2) is 12.7 Å². The first-order valence-corrected chi connectivity index (χ1v) is 4.79. The van der Waals surface area contributed by atoms with Gasteiger partial charge in [-0.05, 0) is 19.4 Å². The minimum atomic E-state index is -4.06. The van der Waals surface area contributed by atoms with E-state index in [0.29, 0.717) is 6.42 Å². The van der Waals surface area contributed by atoms with E-state index < -0.39 is 12.1 Å². The summed E-state index contributed by atoms with van der Waals surface area (Å²) in [5.74, 6) is -1.19. The van der Waals surface area contributed by atoms with Gasteiger partial charge in [0.05, 0.1) is 5.92 Å². The number of unbranched alkanes of at least 4 members (excludes halogenated alkanes) is 2. The van der Waals surface area contributed by atoms with Crippen molar-refractivity contribution in [3.63, 3.8) is 0 Å². The second-order valence-electron chi connectivity index (χ2n) is 3.31. The fraction of sp³-hybridized carbons (Fsp3) is 1.00. The molecule has 0 aliphatic heterocycles. The molecule has 0 radical (unpaired) electrons. The zero-order valence-electron chi connectivity index (χ0n) is 8.03. The van der Waals surface area contributed by atoms with Gasteiger partial charge in [-0.15, -0.1) is 0 Å². The lowest BCUT2D eigenvalue weighted by Crippen LogP contribution is -2.25. The van der Waals surface area contributed by atoms with Crippen molar-refractivity contribution in [2.75, 3.05) is 6.54 Å². The Morgan fingerprint density at radius 1 is 1.15 bits per heavy atom. The highest BCUT2D eigenvalue weighted by Gasteiger charge is 2.37. The van der Waals surface area contributed by atoms with Crippen LogP contribution in [0.1, 0.15) is 39.0 Å². The molecule has 2 N–H and O–H groups in total. The molecule has 0 aliphatic rings. The van der Waals surface area contributed by atoms with E-state index in [1.54, 1.807) is 0 Å². The number of rotatable bonds is 6. The number of hydrogen-bond donors (Lipinski definition) is 1. The van der Waals surface area contributed by atoms with Crippen molar-refractivity contribution < 1.29 is 13.2 Å². The molecule has 0 bridgehead atoms. The number of hydrogen-bond acceptors (Lipinski definition) is 1. The molecule has 4 heteroatoms. The predicted octanol–water partition coefficient (Wildman–Crippen LogP) is 3.09. The van der Waals surface area contributed by atoms with Crippen LogP contribution in [0.3, 0.4) is 0 Å². The molecule has 13 heavy (non-hydrogen) atoms. The third-order valence-electron chi connectivity index (χ3n) is 2.13. The molecule has 0 aromatic rings. The van der Waals surface area contributed by atoms with Crippen LogP contribution in [0.2, 0.25) is 0 Å². The third kappa shape index (κ3) is 5.91. The first-order valence-electron chi connectivity index (χ1n) is 4.79. The van der Waals surface area contributed by atoms with Crippen LogP contribution in [-0.2, 0) is 0 Å². The summed E-state index contributed by atoms with van der Waals surface area (Å²) in [4.78, 5) is 0. The summed E-state index contributed by atoms with van der Waals surface area (Å²) in [6, 6.07) is 0. The van der Waals surface area contributed by atoms with Crippen molar-refractivity contribution in [1.29, 1.82) is 0 Å². The van der Waals surface area contributed by atoms with Crippen molar-refractivity contribution in [2.45, 2.75) is 45.2 Å². The summed E-state index contributed by atoms with van der Waals surface area (Å²) in [6.45, 7) is 2.10. The Morgan fingerprint density at radius 3 is 2.15 bits per heavy atom. The van der Waals surface area contributed by atoms with Gasteiger partial charge in [-0.2, -0.15) is 13.2 Å². The van der Waals surface area contributed by atoms with E-state index in [-0.39, 0.29) is 19.4 Å². The summed E-state index contributed by atoms with van der Waals surface area (Å²) in [5.41, 5.74) is 5.13. The van der Waals surface area contributed by atoms with Crippen LogP contribution in [0.4, 0.5) is 13.2 Å². The predicted molar refractivity (Wildman–Crippen MR) is 47.4 cm³/mol. The van der Waals surface area contributed by atoms with Crippen molar-refractivity contribution in [3.8, 4) is 0 Å². The summed E-state index contributed by atoms with van der Waals surface area (Å²) in [5, 5.41) is 0. The third-order valence-corrected chi connectivity index (χ3v) is 2.13. The van der Waals surface area contributed by atoms with E-state index >= 15 is 0 Å². The van der Waals surface area contributed by atoms with Gasteiger partial charge in [0.2, 0.25) is 0 Å². The highest BCUT2D eigenvalue weighted by atomic mass is 19.4. The van der Waals surface area contributed by atoms with Crippen molar-refractivity contribution in [2.24, 2.45) is 11.7 Å². The van der Waals surface area contributed by atoms with Crippen LogP contribution in [0, 0.1) is 5.92 Å². The highest BCUT2D eigenvalue weighted by Crippen LogP contribution is 2.32. The fourth-order valence-electron chi connectivity index (χ4n) is 1.31. The summed E-state index contributed by atoms with van der Waals surface area (Å²) >= 11 is 0. The van der Waals surface area contributed by atoms with Crippen LogP contribution >= 0.6 is 0 Å². The Labute approximate surface area is 77.5 Å². The summed E-state index contributed by atoms with van der Waals surface area (Å²) < 4.78 is 36.8. The summed E-state index contributed by atoms with van der Waals surface area (Å²) in [7, 11) is 0. The maximum atomic E-state index is 12.3. The SMILES string of the molecule is CCCCCC(CCN)C(F)(F)F. The lowest BCUT2D eigenvalue weighted by Gasteiger charge is -2.19. The normalized spacial score (nSPS) is 14.5. The van der Waals surface area contributed by atoms with Gasteiger partial charge in [0, 0.05) is 0 Å². The average Bonchev–Trinajstić information content (AvgIpc) is 2.01. The fourth-order valence-corrected chi connectivity index (χ4v) is 1.31. The lowest BCUT2D eigenvalue weighted by molar-refractivity contribution is -0.177. The van der Waals surface area contributed by atoms with E-state index in [1.165, 1.54) is 0 Å². The topological polar surface area (TPSA) is 26.0 Å². The van der Waals surface area contributed by atoms with Gasteiger partial charge in [0.25, 0.3) is 0 Å². The molecule has 0 aromatic carbocycles.